The number of benzene rings is 1. The molecule has 1 aliphatic heterocycles. The fourth-order valence-corrected chi connectivity index (χ4v) is 2.65. The highest BCUT2D eigenvalue weighted by molar-refractivity contribution is 9.10. The number of rotatable bonds is 6. The maximum Gasteiger partial charge on any atom is 0.222 e. The van der Waals surface area contributed by atoms with E-state index in [9.17, 15) is 9.18 Å². The Kier molecular flexibility index (Phi) is 6.60. The van der Waals surface area contributed by atoms with Crippen LogP contribution in [0, 0.1) is 5.82 Å². The summed E-state index contributed by atoms with van der Waals surface area (Å²) in [5.74, 6) is -0.437. The number of hydrogen-bond acceptors (Lipinski definition) is 3. The highest BCUT2D eigenvalue weighted by atomic mass is 79.9. The lowest BCUT2D eigenvalue weighted by Crippen LogP contribution is -2.33. The van der Waals surface area contributed by atoms with Crippen molar-refractivity contribution < 1.29 is 13.9 Å². The summed E-state index contributed by atoms with van der Waals surface area (Å²) >= 11 is 3.28. The first kappa shape index (κ1) is 16.4. The van der Waals surface area contributed by atoms with E-state index in [0.717, 1.165) is 30.4 Å². The van der Waals surface area contributed by atoms with Crippen molar-refractivity contribution in [1.29, 1.82) is 0 Å². The van der Waals surface area contributed by atoms with Crippen LogP contribution < -0.4 is 10.6 Å². The third kappa shape index (κ3) is 5.73. The van der Waals surface area contributed by atoms with Gasteiger partial charge in [-0.05, 0) is 44.1 Å². The maximum atomic E-state index is 13.5. The Bertz CT molecular complexity index is 479. The third-order valence-corrected chi connectivity index (χ3v) is 3.95. The summed E-state index contributed by atoms with van der Waals surface area (Å²) in [5.41, 5.74) is 0.469. The molecule has 2 rings (SSSR count). The zero-order valence-electron chi connectivity index (χ0n) is 11.8. The van der Waals surface area contributed by atoms with Gasteiger partial charge < -0.3 is 15.4 Å². The van der Waals surface area contributed by atoms with Gasteiger partial charge in [0, 0.05) is 23.0 Å². The van der Waals surface area contributed by atoms with Crippen LogP contribution in [0.2, 0.25) is 0 Å². The summed E-state index contributed by atoms with van der Waals surface area (Å²) < 4.78 is 20.0. The molecule has 0 radical (unpaired) electrons. The quantitative estimate of drug-likeness (QED) is 0.820. The highest BCUT2D eigenvalue weighted by Crippen LogP contribution is 2.15. The molecule has 116 valence electrons. The largest absolute Gasteiger partial charge is 0.378 e. The van der Waals surface area contributed by atoms with Gasteiger partial charge in [0.2, 0.25) is 5.91 Å². The Hall–Kier alpha value is -0.980. The Morgan fingerprint density at radius 3 is 2.95 bits per heavy atom. The van der Waals surface area contributed by atoms with Crippen LogP contribution in [0.4, 0.5) is 4.39 Å². The van der Waals surface area contributed by atoms with Crippen LogP contribution in [0.15, 0.2) is 22.7 Å². The van der Waals surface area contributed by atoms with Crippen molar-refractivity contribution in [3.8, 4) is 0 Å². The van der Waals surface area contributed by atoms with Crippen LogP contribution >= 0.6 is 15.9 Å². The van der Waals surface area contributed by atoms with Crippen LogP contribution in [0.5, 0.6) is 0 Å². The van der Waals surface area contributed by atoms with Crippen molar-refractivity contribution in [2.24, 2.45) is 0 Å². The maximum absolute atomic E-state index is 13.5. The van der Waals surface area contributed by atoms with Crippen LogP contribution in [-0.2, 0) is 16.1 Å². The van der Waals surface area contributed by atoms with E-state index in [1.54, 1.807) is 12.1 Å². The number of nitrogens with one attached hydrogen (secondary N) is 2. The molecule has 0 atom stereocenters. The number of amides is 1. The second-order valence-electron chi connectivity index (χ2n) is 5.08. The molecule has 1 aliphatic rings. The number of ether oxygens (including phenoxy) is 1. The average Bonchev–Trinajstić information content (AvgIpc) is 2.49. The van der Waals surface area contributed by atoms with E-state index in [2.05, 4.69) is 26.6 Å². The first-order chi connectivity index (χ1) is 10.1. The van der Waals surface area contributed by atoms with Gasteiger partial charge in [-0.25, -0.2) is 4.39 Å². The Morgan fingerprint density at radius 1 is 1.43 bits per heavy atom. The van der Waals surface area contributed by atoms with Gasteiger partial charge in [-0.2, -0.15) is 0 Å². The highest BCUT2D eigenvalue weighted by Gasteiger charge is 2.13. The van der Waals surface area contributed by atoms with Crippen LogP contribution in [0.1, 0.15) is 24.8 Å². The molecular formula is C15H20BrFN2O2. The molecule has 1 amide bonds. The molecule has 1 aromatic rings. The van der Waals surface area contributed by atoms with E-state index in [1.807, 2.05) is 0 Å². The molecule has 1 aromatic carbocycles. The Labute approximate surface area is 132 Å². The van der Waals surface area contributed by atoms with Crippen molar-refractivity contribution in [3.05, 3.63) is 34.1 Å². The monoisotopic (exact) mass is 358 g/mol. The molecule has 21 heavy (non-hydrogen) atoms. The predicted octanol–water partition coefficient (Wildman–Crippen LogP) is 2.36. The number of hydrogen-bond donors (Lipinski definition) is 2. The van der Waals surface area contributed by atoms with Crippen LogP contribution in [0.3, 0.4) is 0 Å². The molecule has 1 saturated heterocycles. The molecule has 6 heteroatoms. The van der Waals surface area contributed by atoms with E-state index in [-0.39, 0.29) is 24.4 Å². The number of piperidine rings is 1. The van der Waals surface area contributed by atoms with E-state index in [0.29, 0.717) is 18.6 Å². The molecule has 1 fully saturated rings. The number of halogens is 2. The van der Waals surface area contributed by atoms with E-state index < -0.39 is 0 Å². The number of carbonyl (C=O) groups is 1. The van der Waals surface area contributed by atoms with E-state index in [1.165, 1.54) is 6.07 Å². The zero-order valence-corrected chi connectivity index (χ0v) is 13.4. The third-order valence-electron chi connectivity index (χ3n) is 3.45. The molecule has 0 bridgehead atoms. The Balaban J connectivity index is 1.66. The average molecular weight is 359 g/mol. The molecule has 0 unspecified atom stereocenters. The summed E-state index contributed by atoms with van der Waals surface area (Å²) in [5, 5.41) is 5.98. The van der Waals surface area contributed by atoms with Gasteiger partial charge in [0.15, 0.2) is 0 Å². The topological polar surface area (TPSA) is 50.4 Å². The van der Waals surface area contributed by atoms with Gasteiger partial charge in [-0.15, -0.1) is 0 Å². The summed E-state index contributed by atoms with van der Waals surface area (Å²) in [6.07, 6.45) is 2.54. The lowest BCUT2D eigenvalue weighted by Gasteiger charge is -2.22. The fourth-order valence-electron chi connectivity index (χ4n) is 2.24. The lowest BCUT2D eigenvalue weighted by molar-refractivity contribution is -0.122. The summed E-state index contributed by atoms with van der Waals surface area (Å²) in [6.45, 7) is 2.55. The summed E-state index contributed by atoms with van der Waals surface area (Å²) in [7, 11) is 0. The van der Waals surface area contributed by atoms with Crippen molar-refractivity contribution >= 4 is 21.8 Å². The smallest absolute Gasteiger partial charge is 0.222 e. The first-order valence-corrected chi connectivity index (χ1v) is 7.97. The van der Waals surface area contributed by atoms with Gasteiger partial charge in [-0.3, -0.25) is 4.79 Å². The summed E-state index contributed by atoms with van der Waals surface area (Å²) in [6, 6.07) is 4.68. The fraction of sp³-hybridized carbons (Fsp3) is 0.533. The van der Waals surface area contributed by atoms with Crippen molar-refractivity contribution in [2.75, 3.05) is 19.7 Å². The van der Waals surface area contributed by atoms with Crippen molar-refractivity contribution in [3.63, 3.8) is 0 Å². The molecular weight excluding hydrogens is 339 g/mol. The lowest BCUT2D eigenvalue weighted by atomic mass is 10.1. The van der Waals surface area contributed by atoms with Gasteiger partial charge >= 0.3 is 0 Å². The van der Waals surface area contributed by atoms with Gasteiger partial charge in [-0.1, -0.05) is 15.9 Å². The zero-order chi connectivity index (χ0) is 15.1. The normalized spacial score (nSPS) is 15.9. The molecule has 0 spiro atoms. The minimum atomic E-state index is -0.315. The second kappa shape index (κ2) is 8.46. The number of carbonyl (C=O) groups excluding carboxylic acids is 1. The van der Waals surface area contributed by atoms with Crippen molar-refractivity contribution in [1.82, 2.24) is 10.6 Å². The van der Waals surface area contributed by atoms with Crippen molar-refractivity contribution in [2.45, 2.75) is 31.9 Å². The second-order valence-corrected chi connectivity index (χ2v) is 6.00. The first-order valence-electron chi connectivity index (χ1n) is 7.18. The van der Waals surface area contributed by atoms with E-state index in [4.69, 9.17) is 4.74 Å². The van der Waals surface area contributed by atoms with Gasteiger partial charge in [0.25, 0.3) is 0 Å². The van der Waals surface area contributed by atoms with Crippen LogP contribution in [-0.4, -0.2) is 31.7 Å². The molecule has 0 aliphatic carbocycles. The molecule has 4 nitrogen and oxygen atoms in total. The predicted molar refractivity (Wildman–Crippen MR) is 82.4 cm³/mol. The van der Waals surface area contributed by atoms with E-state index >= 15 is 0 Å². The minimum absolute atomic E-state index is 0.122. The molecule has 2 N–H and O–H groups in total. The summed E-state index contributed by atoms with van der Waals surface area (Å²) in [4.78, 5) is 11.7. The molecule has 0 saturated carbocycles. The van der Waals surface area contributed by atoms with Gasteiger partial charge in [0.05, 0.1) is 12.7 Å². The SMILES string of the molecule is O=C(CCOC1CCNCC1)NCc1cc(Br)ccc1F. The molecule has 0 aromatic heterocycles. The standard InChI is InChI=1S/C15H20BrFN2O2/c16-12-1-2-14(17)11(9-12)10-19-15(20)5-8-21-13-3-6-18-7-4-13/h1-2,9,13,18H,3-8,10H2,(H,19,20). The van der Waals surface area contributed by atoms with Crippen LogP contribution in [0.25, 0.3) is 0 Å². The minimum Gasteiger partial charge on any atom is -0.378 e. The molecule has 1 heterocycles. The van der Waals surface area contributed by atoms with Gasteiger partial charge in [0.1, 0.15) is 5.82 Å². The Morgan fingerprint density at radius 2 is 2.19 bits per heavy atom.